The normalized spacial score (nSPS) is 37.3. The van der Waals surface area contributed by atoms with E-state index in [4.69, 9.17) is 4.74 Å². The van der Waals surface area contributed by atoms with Gasteiger partial charge in [-0.3, -0.25) is 4.79 Å². The van der Waals surface area contributed by atoms with Gasteiger partial charge < -0.3 is 10.1 Å². The third-order valence-corrected chi connectivity index (χ3v) is 9.76. The fourth-order valence-electron chi connectivity index (χ4n) is 7.91. The van der Waals surface area contributed by atoms with Crippen LogP contribution in [0, 0.1) is 34.5 Å². The van der Waals surface area contributed by atoms with E-state index in [1.807, 2.05) is 13.0 Å². The molecule has 1 N–H and O–H groups in total. The number of carbonyl (C=O) groups is 2. The second-order valence-electron chi connectivity index (χ2n) is 11.5. The number of carbonyl (C=O) groups excluding carboxylic acids is 2. The maximum absolute atomic E-state index is 13.6. The lowest BCUT2D eigenvalue weighted by Gasteiger charge is -2.58. The summed E-state index contributed by atoms with van der Waals surface area (Å²) in [5.41, 5.74) is -4.32. The topological polar surface area (TPSA) is 55.4 Å². The van der Waals surface area contributed by atoms with Crippen LogP contribution in [0.4, 0.5) is 32.0 Å². The number of halogens is 6. The Balaban J connectivity index is 1.38. The van der Waals surface area contributed by atoms with Gasteiger partial charge in [-0.25, -0.2) is 4.79 Å². The van der Waals surface area contributed by atoms with Gasteiger partial charge in [0.05, 0.1) is 16.8 Å². The molecule has 0 bridgehead atoms. The Bertz CT molecular complexity index is 1140. The van der Waals surface area contributed by atoms with Crippen LogP contribution in [0.25, 0.3) is 0 Å². The average Bonchev–Trinajstić information content (AvgIpc) is 3.15. The first kappa shape index (κ1) is 26.1. The first-order valence-corrected chi connectivity index (χ1v) is 12.6. The number of hydrogen-bond donors (Lipinski definition) is 1. The molecule has 202 valence electrons. The minimum atomic E-state index is -5.06. The lowest BCUT2D eigenvalue weighted by Crippen LogP contribution is -2.55. The number of hydrogen-bond acceptors (Lipinski definition) is 3. The molecule has 5 rings (SSSR count). The summed E-state index contributed by atoms with van der Waals surface area (Å²) in [5, 5.41) is 2.33. The van der Waals surface area contributed by atoms with Crippen LogP contribution in [0.2, 0.25) is 0 Å². The zero-order valence-corrected chi connectivity index (χ0v) is 20.5. The van der Waals surface area contributed by atoms with Crippen LogP contribution in [0.5, 0.6) is 0 Å². The number of esters is 1. The van der Waals surface area contributed by atoms with Crippen molar-refractivity contribution in [3.63, 3.8) is 0 Å². The zero-order chi connectivity index (χ0) is 27.0. The minimum Gasteiger partial charge on any atom is -0.458 e. The van der Waals surface area contributed by atoms with Gasteiger partial charge in [0, 0.05) is 17.4 Å². The average molecular weight is 530 g/mol. The number of ether oxygens (including phenoxy) is 1. The fraction of sp³-hybridized carbons (Fsp3) is 0.630. The highest BCUT2D eigenvalue weighted by molar-refractivity contribution is 5.94. The number of benzene rings is 1. The molecule has 1 aliphatic heterocycles. The van der Waals surface area contributed by atoms with Gasteiger partial charge in [-0.15, -0.1) is 0 Å². The highest BCUT2D eigenvalue weighted by Gasteiger charge is 2.61. The van der Waals surface area contributed by atoms with E-state index < -0.39 is 46.4 Å². The molecule has 3 aliphatic carbocycles. The highest BCUT2D eigenvalue weighted by Crippen LogP contribution is 2.65. The highest BCUT2D eigenvalue weighted by atomic mass is 19.4. The van der Waals surface area contributed by atoms with Gasteiger partial charge in [-0.1, -0.05) is 19.9 Å². The Hall–Kier alpha value is -2.52. The van der Waals surface area contributed by atoms with Crippen molar-refractivity contribution in [2.24, 2.45) is 34.5 Å². The van der Waals surface area contributed by atoms with Gasteiger partial charge in [0.25, 0.3) is 0 Å². The van der Waals surface area contributed by atoms with Crippen molar-refractivity contribution in [3.05, 3.63) is 41.5 Å². The lowest BCUT2D eigenvalue weighted by atomic mass is 9.48. The van der Waals surface area contributed by atoms with Crippen molar-refractivity contribution < 1.29 is 40.7 Å². The van der Waals surface area contributed by atoms with Gasteiger partial charge in [-0.05, 0) is 79.9 Å². The predicted molar refractivity (Wildman–Crippen MR) is 122 cm³/mol. The molecular weight excluding hydrogens is 500 g/mol. The molecule has 3 fully saturated rings. The van der Waals surface area contributed by atoms with Crippen LogP contribution < -0.4 is 5.32 Å². The minimum absolute atomic E-state index is 0.0453. The summed E-state index contributed by atoms with van der Waals surface area (Å²) in [7, 11) is 0. The molecule has 10 heteroatoms. The molecule has 4 aliphatic rings. The quantitative estimate of drug-likeness (QED) is 0.332. The van der Waals surface area contributed by atoms with E-state index in [0.717, 1.165) is 25.7 Å². The largest absolute Gasteiger partial charge is 0.458 e. The Morgan fingerprint density at radius 1 is 0.973 bits per heavy atom. The van der Waals surface area contributed by atoms with E-state index in [2.05, 4.69) is 12.2 Å². The Morgan fingerprint density at radius 3 is 2.38 bits per heavy atom. The molecule has 37 heavy (non-hydrogen) atoms. The standard InChI is InChI=1S/C27H29F6NO3/c1-24-11-9-17-15(4-8-21-25(17,2)12-10-22(35)37-21)16(24)5-6-18(24)23(36)34-20-7-3-14(26(28,29)30)13-19(20)27(31,32)33/h3,7,10,12-13,15-18,21H,4-6,8-9,11H2,1-2H3,(H,34,36)/t15-,16-,17-,18+,21+,24-,25+/m0/s1. The fourth-order valence-corrected chi connectivity index (χ4v) is 7.91. The number of anilines is 1. The summed E-state index contributed by atoms with van der Waals surface area (Å²) in [4.78, 5) is 25.1. The number of amides is 1. The van der Waals surface area contributed by atoms with Crippen molar-refractivity contribution >= 4 is 17.6 Å². The molecular formula is C27H29F6NO3. The predicted octanol–water partition coefficient (Wildman–Crippen LogP) is 7.00. The summed E-state index contributed by atoms with van der Waals surface area (Å²) in [6, 6.07) is 1.29. The lowest BCUT2D eigenvalue weighted by molar-refractivity contribution is -0.167. The van der Waals surface area contributed by atoms with Crippen LogP contribution >= 0.6 is 0 Å². The maximum atomic E-state index is 13.6. The van der Waals surface area contributed by atoms with E-state index >= 15 is 0 Å². The van der Waals surface area contributed by atoms with Gasteiger partial charge in [-0.2, -0.15) is 26.3 Å². The van der Waals surface area contributed by atoms with Gasteiger partial charge in [0.1, 0.15) is 6.10 Å². The van der Waals surface area contributed by atoms with Crippen LogP contribution in [-0.4, -0.2) is 18.0 Å². The van der Waals surface area contributed by atoms with E-state index in [0.29, 0.717) is 25.0 Å². The molecule has 4 nitrogen and oxygen atoms in total. The van der Waals surface area contributed by atoms with E-state index in [-0.39, 0.29) is 41.3 Å². The molecule has 0 radical (unpaired) electrons. The molecule has 1 amide bonds. The van der Waals surface area contributed by atoms with Crippen molar-refractivity contribution in [1.29, 1.82) is 0 Å². The third-order valence-electron chi connectivity index (χ3n) is 9.76. The van der Waals surface area contributed by atoms with Crippen molar-refractivity contribution in [2.75, 3.05) is 5.32 Å². The Labute approximate surface area is 210 Å². The Morgan fingerprint density at radius 2 is 1.70 bits per heavy atom. The molecule has 1 aromatic rings. The molecule has 7 atom stereocenters. The molecule has 0 saturated heterocycles. The van der Waals surface area contributed by atoms with E-state index in [9.17, 15) is 35.9 Å². The Kier molecular flexibility index (Phi) is 5.99. The summed E-state index contributed by atoms with van der Waals surface area (Å²) in [6.07, 6.45) is -2.42. The molecule has 0 unspecified atom stereocenters. The number of alkyl halides is 6. The van der Waals surface area contributed by atoms with E-state index in [1.165, 1.54) is 6.08 Å². The molecule has 0 spiro atoms. The summed E-state index contributed by atoms with van der Waals surface area (Å²) >= 11 is 0. The molecule has 1 heterocycles. The molecule has 3 saturated carbocycles. The first-order valence-electron chi connectivity index (χ1n) is 12.6. The monoisotopic (exact) mass is 529 g/mol. The van der Waals surface area contributed by atoms with Crippen molar-refractivity contribution in [1.82, 2.24) is 0 Å². The summed E-state index contributed by atoms with van der Waals surface area (Å²) < 4.78 is 85.6. The smallest absolute Gasteiger partial charge is 0.418 e. The SMILES string of the molecule is C[C@]12C=CC(=O)O[C@@H]1CC[C@@H]1[C@@H]2CC[C@]2(C)[C@@H](C(=O)Nc3ccc(C(F)(F)F)cc3C(F)(F)F)CC[C@@H]12. The summed E-state index contributed by atoms with van der Waals surface area (Å²) in [5.74, 6) is -0.730. The molecule has 0 aromatic heterocycles. The van der Waals surface area contributed by atoms with Crippen LogP contribution in [0.15, 0.2) is 30.4 Å². The number of rotatable bonds is 2. The van der Waals surface area contributed by atoms with Crippen LogP contribution in [0.3, 0.4) is 0 Å². The second-order valence-corrected chi connectivity index (χ2v) is 11.5. The van der Waals surface area contributed by atoms with Crippen molar-refractivity contribution in [3.8, 4) is 0 Å². The van der Waals surface area contributed by atoms with Gasteiger partial charge >= 0.3 is 18.3 Å². The second kappa shape index (κ2) is 8.50. The van der Waals surface area contributed by atoms with Crippen LogP contribution in [0.1, 0.15) is 63.5 Å². The van der Waals surface area contributed by atoms with Gasteiger partial charge in [0.2, 0.25) is 5.91 Å². The van der Waals surface area contributed by atoms with Crippen LogP contribution in [-0.2, 0) is 26.7 Å². The first-order chi connectivity index (χ1) is 17.1. The third kappa shape index (κ3) is 4.24. The number of nitrogens with one attached hydrogen (secondary N) is 1. The van der Waals surface area contributed by atoms with E-state index in [1.54, 1.807) is 0 Å². The molecule has 1 aromatic carbocycles. The maximum Gasteiger partial charge on any atom is 0.418 e. The number of fused-ring (bicyclic) bond motifs is 5. The zero-order valence-electron chi connectivity index (χ0n) is 20.5. The summed E-state index contributed by atoms with van der Waals surface area (Å²) in [6.45, 7) is 4.14. The van der Waals surface area contributed by atoms with Gasteiger partial charge in [0.15, 0.2) is 0 Å². The van der Waals surface area contributed by atoms with Crippen molar-refractivity contribution in [2.45, 2.75) is 70.8 Å².